The minimum atomic E-state index is -1.01. The monoisotopic (exact) mass is 414 g/mol. The van der Waals surface area contributed by atoms with Crippen LogP contribution < -0.4 is 5.32 Å². The number of carboxylic acid groups (broad SMARTS) is 1. The first-order valence-electron chi connectivity index (χ1n) is 10.4. The Morgan fingerprint density at radius 2 is 1.38 bits per heavy atom. The molecule has 2 amide bonds. The van der Waals surface area contributed by atoms with Crippen LogP contribution in [0.2, 0.25) is 0 Å². The molecule has 0 aromatic carbocycles. The van der Waals surface area contributed by atoms with Crippen LogP contribution in [0.25, 0.3) is 0 Å². The summed E-state index contributed by atoms with van der Waals surface area (Å²) in [5, 5.41) is 11.1. The summed E-state index contributed by atoms with van der Waals surface area (Å²) in [5.41, 5.74) is 0.191. The maximum atomic E-state index is 11.7. The average molecular weight is 415 g/mol. The molecule has 0 radical (unpaired) electrons. The van der Waals surface area contributed by atoms with Gasteiger partial charge in [-0.05, 0) is 18.8 Å². The Labute approximate surface area is 179 Å². The van der Waals surface area contributed by atoms with Crippen molar-refractivity contribution in [3.8, 4) is 0 Å². The number of hydrogen-bond donors (Lipinski definition) is 2. The first-order valence-corrected chi connectivity index (χ1v) is 10.4. The van der Waals surface area contributed by atoms with E-state index in [0.29, 0.717) is 6.41 Å². The highest BCUT2D eigenvalue weighted by molar-refractivity contribution is 5.86. The van der Waals surface area contributed by atoms with Gasteiger partial charge in [0.25, 0.3) is 0 Å². The Morgan fingerprint density at radius 3 is 1.66 bits per heavy atom. The molecule has 1 aliphatic carbocycles. The molecule has 0 aromatic heterocycles. The lowest BCUT2D eigenvalue weighted by Crippen LogP contribution is -2.43. The van der Waals surface area contributed by atoms with Gasteiger partial charge in [0.1, 0.15) is 0 Å². The van der Waals surface area contributed by atoms with E-state index in [4.69, 9.17) is 5.11 Å². The number of amides is 2. The van der Waals surface area contributed by atoms with Crippen LogP contribution in [-0.2, 0) is 14.4 Å². The topological polar surface area (TPSA) is 86.7 Å². The Kier molecular flexibility index (Phi) is 21.4. The van der Waals surface area contributed by atoms with E-state index in [1.54, 1.807) is 13.1 Å². The van der Waals surface area contributed by atoms with Gasteiger partial charge >= 0.3 is 5.97 Å². The van der Waals surface area contributed by atoms with E-state index < -0.39 is 5.97 Å². The predicted octanol–water partition coefficient (Wildman–Crippen LogP) is 4.89. The minimum absolute atomic E-state index is 0. The van der Waals surface area contributed by atoms with Crippen molar-refractivity contribution < 1.29 is 19.5 Å². The lowest BCUT2D eigenvalue weighted by molar-refractivity contribution is -0.133. The van der Waals surface area contributed by atoms with Crippen LogP contribution in [0.3, 0.4) is 0 Å². The van der Waals surface area contributed by atoms with Gasteiger partial charge in [0, 0.05) is 12.6 Å². The maximum absolute atomic E-state index is 11.7. The maximum Gasteiger partial charge on any atom is 0.331 e. The molecule has 0 heterocycles. The SMILES string of the molecule is C.C/C(=C\[C@H](C(C)C)N(C)C(=O)CNC=O)C(=O)O.C1CCCCC1.CC(C)C. The molecule has 0 saturated heterocycles. The zero-order chi connectivity index (χ0) is 22.1. The van der Waals surface area contributed by atoms with Gasteiger partial charge in [0.15, 0.2) is 0 Å². The van der Waals surface area contributed by atoms with E-state index in [2.05, 4.69) is 26.1 Å². The fourth-order valence-corrected chi connectivity index (χ4v) is 2.56. The molecule has 29 heavy (non-hydrogen) atoms. The number of rotatable bonds is 7. The standard InChI is InChI=1S/C12H20N2O4.C6H12.C4H10.CH4/c1-8(2)10(5-9(3)12(17)18)14(4)11(16)6-13-7-15;1-2-4-6-5-3-1;1-4(2)3;/h5,7-8,10H,6H2,1-4H3,(H,13,15)(H,17,18);1-6H2;4H,1-3H3;1H4/b9-5+;;;/t10-;;;/m1.../s1. The highest BCUT2D eigenvalue weighted by Gasteiger charge is 2.21. The van der Waals surface area contributed by atoms with E-state index in [0.717, 1.165) is 5.92 Å². The number of carboxylic acids is 1. The van der Waals surface area contributed by atoms with Crippen LogP contribution in [0, 0.1) is 11.8 Å². The lowest BCUT2D eigenvalue weighted by atomic mass is 10.00. The molecule has 0 bridgehead atoms. The van der Waals surface area contributed by atoms with Crippen LogP contribution in [0.15, 0.2) is 11.6 Å². The molecule has 2 N–H and O–H groups in total. The molecule has 172 valence electrons. The lowest BCUT2D eigenvalue weighted by Gasteiger charge is -2.29. The summed E-state index contributed by atoms with van der Waals surface area (Å²) < 4.78 is 0. The fourth-order valence-electron chi connectivity index (χ4n) is 2.56. The van der Waals surface area contributed by atoms with Crippen LogP contribution in [0.5, 0.6) is 0 Å². The van der Waals surface area contributed by atoms with Crippen molar-refractivity contribution in [3.63, 3.8) is 0 Å². The average Bonchev–Trinajstić information content (AvgIpc) is 2.64. The largest absolute Gasteiger partial charge is 0.478 e. The third-order valence-corrected chi connectivity index (χ3v) is 4.12. The van der Waals surface area contributed by atoms with Crippen LogP contribution >= 0.6 is 0 Å². The summed E-state index contributed by atoms with van der Waals surface area (Å²) in [6.45, 7) is 11.7. The molecule has 1 rings (SSSR count). The quantitative estimate of drug-likeness (QED) is 0.459. The van der Waals surface area contributed by atoms with Crippen molar-refractivity contribution in [3.05, 3.63) is 11.6 Å². The summed E-state index contributed by atoms with van der Waals surface area (Å²) in [5.74, 6) is -0.368. The molecule has 1 aliphatic rings. The highest BCUT2D eigenvalue weighted by Crippen LogP contribution is 2.15. The molecule has 0 spiro atoms. The van der Waals surface area contributed by atoms with E-state index in [9.17, 15) is 14.4 Å². The van der Waals surface area contributed by atoms with Crippen molar-refractivity contribution in [2.75, 3.05) is 13.6 Å². The highest BCUT2D eigenvalue weighted by atomic mass is 16.4. The van der Waals surface area contributed by atoms with Gasteiger partial charge in [-0.3, -0.25) is 9.59 Å². The van der Waals surface area contributed by atoms with Crippen molar-refractivity contribution >= 4 is 18.3 Å². The first-order chi connectivity index (χ1) is 13.0. The number of nitrogens with one attached hydrogen (secondary N) is 1. The summed E-state index contributed by atoms with van der Waals surface area (Å²) in [4.78, 5) is 34.1. The Bertz CT molecular complexity index is 455. The van der Waals surface area contributed by atoms with Gasteiger partial charge in [-0.2, -0.15) is 0 Å². The zero-order valence-corrected chi connectivity index (χ0v) is 19.0. The van der Waals surface area contributed by atoms with Gasteiger partial charge in [-0.1, -0.05) is 86.6 Å². The van der Waals surface area contributed by atoms with Crippen molar-refractivity contribution in [2.45, 2.75) is 93.5 Å². The molecule has 0 aromatic rings. The van der Waals surface area contributed by atoms with Crippen molar-refractivity contribution in [1.29, 1.82) is 0 Å². The molecule has 1 fully saturated rings. The minimum Gasteiger partial charge on any atom is -0.478 e. The zero-order valence-electron chi connectivity index (χ0n) is 19.0. The van der Waals surface area contributed by atoms with Gasteiger partial charge in [0.2, 0.25) is 12.3 Å². The van der Waals surface area contributed by atoms with Crippen molar-refractivity contribution in [1.82, 2.24) is 10.2 Å². The Hall–Kier alpha value is -1.85. The number of nitrogens with zero attached hydrogens (tertiary/aromatic N) is 1. The molecule has 6 nitrogen and oxygen atoms in total. The Morgan fingerprint density at radius 1 is 1.00 bits per heavy atom. The second kappa shape index (κ2) is 19.5. The third kappa shape index (κ3) is 19.2. The normalized spacial score (nSPS) is 14.3. The molecule has 1 saturated carbocycles. The summed E-state index contributed by atoms with van der Waals surface area (Å²) in [6, 6.07) is -0.318. The second-order valence-electron chi connectivity index (χ2n) is 8.25. The number of hydrogen-bond acceptors (Lipinski definition) is 3. The number of likely N-dealkylation sites (N-methyl/N-ethyl adjacent to an activating group) is 1. The van der Waals surface area contributed by atoms with Gasteiger partial charge in [-0.15, -0.1) is 0 Å². The van der Waals surface area contributed by atoms with Crippen LogP contribution in [-0.4, -0.2) is 47.9 Å². The summed E-state index contributed by atoms with van der Waals surface area (Å²) in [6.07, 6.45) is 11.0. The predicted molar refractivity (Wildman–Crippen MR) is 122 cm³/mol. The van der Waals surface area contributed by atoms with E-state index in [1.807, 2.05) is 13.8 Å². The molecule has 0 aliphatic heterocycles. The van der Waals surface area contributed by atoms with Gasteiger partial charge in [-0.25, -0.2) is 4.79 Å². The van der Waals surface area contributed by atoms with Crippen molar-refractivity contribution in [2.24, 2.45) is 11.8 Å². The smallest absolute Gasteiger partial charge is 0.331 e. The molecule has 0 unspecified atom stereocenters. The fraction of sp³-hybridized carbons (Fsp3) is 0.783. The second-order valence-corrected chi connectivity index (χ2v) is 8.25. The van der Waals surface area contributed by atoms with E-state index in [1.165, 1.54) is 50.3 Å². The number of aliphatic carboxylic acids is 1. The molecule has 1 atom stereocenters. The molecular weight excluding hydrogens is 368 g/mol. The van der Waals surface area contributed by atoms with Gasteiger partial charge < -0.3 is 15.3 Å². The van der Waals surface area contributed by atoms with Crippen LogP contribution in [0.4, 0.5) is 0 Å². The summed E-state index contributed by atoms with van der Waals surface area (Å²) >= 11 is 0. The van der Waals surface area contributed by atoms with Crippen LogP contribution in [0.1, 0.15) is 87.5 Å². The van der Waals surface area contributed by atoms with Gasteiger partial charge in [0.05, 0.1) is 12.6 Å². The van der Waals surface area contributed by atoms with E-state index in [-0.39, 0.29) is 37.4 Å². The summed E-state index contributed by atoms with van der Waals surface area (Å²) in [7, 11) is 1.59. The number of carbonyl (C=O) groups is 3. The Balaban J connectivity index is -0.000000501. The molecule has 6 heteroatoms. The number of carbonyl (C=O) groups excluding carboxylic acids is 2. The third-order valence-electron chi connectivity index (χ3n) is 4.12. The molecular formula is C23H46N2O4. The van der Waals surface area contributed by atoms with E-state index >= 15 is 0 Å². The first kappa shape index (κ1) is 31.8.